The minimum absolute atomic E-state index is 0.0289. The van der Waals surface area contributed by atoms with Crippen LogP contribution in [0.15, 0.2) is 18.3 Å². The van der Waals surface area contributed by atoms with Gasteiger partial charge >= 0.3 is 0 Å². The van der Waals surface area contributed by atoms with E-state index in [-0.39, 0.29) is 12.6 Å². The highest BCUT2D eigenvalue weighted by molar-refractivity contribution is 5.22. The van der Waals surface area contributed by atoms with E-state index in [1.807, 2.05) is 6.07 Å². The summed E-state index contributed by atoms with van der Waals surface area (Å²) in [6, 6.07) is 3.34. The number of pyridine rings is 1. The molecule has 0 aliphatic heterocycles. The maximum Gasteiger partial charge on any atom is 0.122 e. The van der Waals surface area contributed by atoms with Gasteiger partial charge in [-0.05, 0) is 6.07 Å². The van der Waals surface area contributed by atoms with Crippen molar-refractivity contribution in [1.82, 2.24) is 4.98 Å². The lowest BCUT2D eigenvalue weighted by Crippen LogP contribution is -2.27. The summed E-state index contributed by atoms with van der Waals surface area (Å²) in [7, 11) is 1.60. The summed E-state index contributed by atoms with van der Waals surface area (Å²) >= 11 is 0. The molecule has 72 valence electrons. The summed E-state index contributed by atoms with van der Waals surface area (Å²) in [6.45, 7) is -0.0289. The molecule has 13 heavy (non-hydrogen) atoms. The Balaban J connectivity index is 2.66. The van der Waals surface area contributed by atoms with Crippen LogP contribution >= 0.6 is 0 Å². The van der Waals surface area contributed by atoms with Crippen molar-refractivity contribution in [2.45, 2.75) is 12.5 Å². The predicted molar refractivity (Wildman–Crippen MR) is 49.6 cm³/mol. The number of aromatic nitrogens is 1. The number of hydrogen-bond donors (Lipinski definition) is 2. The molecule has 0 saturated heterocycles. The fourth-order valence-electron chi connectivity index (χ4n) is 1.03. The van der Waals surface area contributed by atoms with Crippen molar-refractivity contribution in [2.75, 3.05) is 13.7 Å². The molecule has 1 atom stereocenters. The molecule has 4 heteroatoms. The van der Waals surface area contributed by atoms with Gasteiger partial charge in [-0.2, -0.15) is 0 Å². The number of hydrogen-bond acceptors (Lipinski definition) is 4. The highest BCUT2D eigenvalue weighted by Crippen LogP contribution is 2.10. The molecule has 3 N–H and O–H groups in total. The molecule has 1 aromatic heterocycles. The van der Waals surface area contributed by atoms with Crippen molar-refractivity contribution in [3.63, 3.8) is 0 Å². The van der Waals surface area contributed by atoms with Crippen LogP contribution in [0.2, 0.25) is 0 Å². The van der Waals surface area contributed by atoms with Gasteiger partial charge in [0.15, 0.2) is 0 Å². The molecule has 1 aromatic rings. The first-order valence-electron chi connectivity index (χ1n) is 4.11. The molecule has 0 aliphatic rings. The van der Waals surface area contributed by atoms with E-state index in [2.05, 4.69) is 4.98 Å². The lowest BCUT2D eigenvalue weighted by molar-refractivity contribution is 0.264. The highest BCUT2D eigenvalue weighted by Gasteiger charge is 2.03. The number of rotatable bonds is 4. The van der Waals surface area contributed by atoms with Crippen molar-refractivity contribution in [3.05, 3.63) is 24.0 Å². The number of nitrogens with two attached hydrogens (primary N) is 1. The predicted octanol–water partition coefficient (Wildman–Crippen LogP) is -0.0477. The third-order valence-electron chi connectivity index (χ3n) is 1.73. The van der Waals surface area contributed by atoms with E-state index in [4.69, 9.17) is 15.6 Å². The fraction of sp³-hybridized carbons (Fsp3) is 0.444. The molecule has 0 spiro atoms. The Morgan fingerprint density at radius 2 is 2.46 bits per heavy atom. The number of aliphatic hydroxyl groups is 1. The Labute approximate surface area is 77.4 Å². The summed E-state index contributed by atoms with van der Waals surface area (Å²) in [5, 5.41) is 8.74. The van der Waals surface area contributed by atoms with Crippen LogP contribution in [0.25, 0.3) is 0 Å². The normalized spacial score (nSPS) is 12.5. The van der Waals surface area contributed by atoms with Crippen LogP contribution in [0.5, 0.6) is 5.75 Å². The van der Waals surface area contributed by atoms with E-state index in [1.54, 1.807) is 19.4 Å². The van der Waals surface area contributed by atoms with Gasteiger partial charge in [0.25, 0.3) is 0 Å². The monoisotopic (exact) mass is 182 g/mol. The molecule has 0 aromatic carbocycles. The summed E-state index contributed by atoms with van der Waals surface area (Å²) in [4.78, 5) is 4.10. The van der Waals surface area contributed by atoms with Gasteiger partial charge in [-0.25, -0.2) is 0 Å². The Morgan fingerprint density at radius 1 is 1.69 bits per heavy atom. The van der Waals surface area contributed by atoms with Crippen molar-refractivity contribution in [3.8, 4) is 5.75 Å². The van der Waals surface area contributed by atoms with Gasteiger partial charge in [0.1, 0.15) is 5.75 Å². The minimum atomic E-state index is -0.250. The molecule has 0 radical (unpaired) electrons. The second kappa shape index (κ2) is 4.79. The van der Waals surface area contributed by atoms with E-state index in [0.717, 1.165) is 11.4 Å². The van der Waals surface area contributed by atoms with Crippen molar-refractivity contribution in [1.29, 1.82) is 0 Å². The van der Waals surface area contributed by atoms with Crippen LogP contribution in [-0.2, 0) is 6.42 Å². The Bertz CT molecular complexity index is 266. The Morgan fingerprint density at radius 3 is 3.08 bits per heavy atom. The lowest BCUT2D eigenvalue weighted by Gasteiger charge is -2.07. The SMILES string of the molecule is COc1ccnc(CC(N)CO)c1. The first-order valence-corrected chi connectivity index (χ1v) is 4.11. The van der Waals surface area contributed by atoms with Gasteiger partial charge in [-0.3, -0.25) is 4.98 Å². The molecule has 0 bridgehead atoms. The average molecular weight is 182 g/mol. The van der Waals surface area contributed by atoms with Gasteiger partial charge in [0, 0.05) is 30.4 Å². The van der Waals surface area contributed by atoms with Crippen LogP contribution in [0, 0.1) is 0 Å². The first-order chi connectivity index (χ1) is 6.26. The van der Waals surface area contributed by atoms with Crippen molar-refractivity contribution < 1.29 is 9.84 Å². The van der Waals surface area contributed by atoms with Gasteiger partial charge in [0.2, 0.25) is 0 Å². The second-order valence-corrected chi connectivity index (χ2v) is 2.83. The fourth-order valence-corrected chi connectivity index (χ4v) is 1.03. The van der Waals surface area contributed by atoms with Crippen LogP contribution in [0.3, 0.4) is 0 Å². The lowest BCUT2D eigenvalue weighted by atomic mass is 10.1. The third kappa shape index (κ3) is 3.01. The van der Waals surface area contributed by atoms with Gasteiger partial charge in [0.05, 0.1) is 13.7 Å². The van der Waals surface area contributed by atoms with Crippen molar-refractivity contribution in [2.24, 2.45) is 5.73 Å². The summed E-state index contributed by atoms with van der Waals surface area (Å²) in [6.07, 6.45) is 2.23. The zero-order chi connectivity index (χ0) is 9.68. The van der Waals surface area contributed by atoms with E-state index >= 15 is 0 Å². The summed E-state index contributed by atoms with van der Waals surface area (Å²) < 4.78 is 5.03. The molecule has 1 unspecified atom stereocenters. The van der Waals surface area contributed by atoms with E-state index in [1.165, 1.54) is 0 Å². The van der Waals surface area contributed by atoms with Gasteiger partial charge in [-0.1, -0.05) is 0 Å². The van der Waals surface area contributed by atoms with Crippen LogP contribution < -0.4 is 10.5 Å². The van der Waals surface area contributed by atoms with Crippen LogP contribution in [0.1, 0.15) is 5.69 Å². The summed E-state index contributed by atoms with van der Waals surface area (Å²) in [5.74, 6) is 0.759. The zero-order valence-corrected chi connectivity index (χ0v) is 7.60. The molecule has 0 fully saturated rings. The third-order valence-corrected chi connectivity index (χ3v) is 1.73. The van der Waals surface area contributed by atoms with Gasteiger partial charge < -0.3 is 15.6 Å². The van der Waals surface area contributed by atoms with E-state index < -0.39 is 0 Å². The quantitative estimate of drug-likeness (QED) is 0.685. The molecule has 1 heterocycles. The maximum absolute atomic E-state index is 8.74. The smallest absolute Gasteiger partial charge is 0.122 e. The molecular formula is C9H14N2O2. The largest absolute Gasteiger partial charge is 0.497 e. The molecule has 0 aliphatic carbocycles. The average Bonchev–Trinajstić information content (AvgIpc) is 2.18. The number of aliphatic hydroxyl groups excluding tert-OH is 1. The molecule has 4 nitrogen and oxygen atoms in total. The number of methoxy groups -OCH3 is 1. The number of ether oxygens (including phenoxy) is 1. The van der Waals surface area contributed by atoms with Crippen LogP contribution in [0.4, 0.5) is 0 Å². The highest BCUT2D eigenvalue weighted by atomic mass is 16.5. The molecule has 0 saturated carbocycles. The second-order valence-electron chi connectivity index (χ2n) is 2.83. The first kappa shape index (κ1) is 9.95. The van der Waals surface area contributed by atoms with Crippen LogP contribution in [-0.4, -0.2) is 29.8 Å². The van der Waals surface area contributed by atoms with Gasteiger partial charge in [-0.15, -0.1) is 0 Å². The molecular weight excluding hydrogens is 168 g/mol. The van der Waals surface area contributed by atoms with Crippen molar-refractivity contribution >= 4 is 0 Å². The minimum Gasteiger partial charge on any atom is -0.497 e. The standard InChI is InChI=1S/C9H14N2O2/c1-13-9-2-3-11-8(5-9)4-7(10)6-12/h2-3,5,7,12H,4,6,10H2,1H3. The molecule has 0 amide bonds. The van der Waals surface area contributed by atoms with E-state index in [9.17, 15) is 0 Å². The summed E-state index contributed by atoms with van der Waals surface area (Å²) in [5.41, 5.74) is 6.40. The molecule has 1 rings (SSSR count). The Hall–Kier alpha value is -1.13. The Kier molecular flexibility index (Phi) is 3.67. The number of nitrogens with zero attached hydrogens (tertiary/aromatic N) is 1. The van der Waals surface area contributed by atoms with E-state index in [0.29, 0.717) is 6.42 Å². The maximum atomic E-state index is 8.74. The zero-order valence-electron chi connectivity index (χ0n) is 7.60. The topological polar surface area (TPSA) is 68.4 Å².